The SMILES string of the molecule is C.CC(C)(C)OC(=O)NCCCCC(=O)N1CC[C@@H](Nc2ncc(Cl)c(-c3c[nH]c4ccccc34)n2)C1.[Cl-].[NH3+]CCCCC(=O)N1CC[C@@H](Nc2ncc(Cl)c(-c3c[nH]c4ccccc34)n2)C1. The second-order valence-electron chi connectivity index (χ2n) is 17.4. The zero-order valence-electron chi connectivity index (χ0n) is 37.6. The summed E-state index contributed by atoms with van der Waals surface area (Å²) in [5, 5.41) is 12.6. The first-order valence-corrected chi connectivity index (χ1v) is 23.1. The number of ether oxygens (including phenoxy) is 1. The van der Waals surface area contributed by atoms with Gasteiger partial charge in [0.25, 0.3) is 0 Å². The molecule has 0 spiro atoms. The molecule has 0 bridgehead atoms. The Morgan fingerprint density at radius 2 is 1.21 bits per heavy atom. The minimum Gasteiger partial charge on any atom is -1.00 e. The van der Waals surface area contributed by atoms with Gasteiger partial charge in [-0.05, 0) is 71.4 Å². The van der Waals surface area contributed by atoms with Crippen LogP contribution in [0.5, 0.6) is 0 Å². The third-order valence-corrected chi connectivity index (χ3v) is 11.9. The van der Waals surface area contributed by atoms with Gasteiger partial charge in [0.1, 0.15) is 5.60 Å². The van der Waals surface area contributed by atoms with Crippen molar-refractivity contribution in [2.75, 3.05) is 49.9 Å². The minimum atomic E-state index is -0.518. The van der Waals surface area contributed by atoms with Gasteiger partial charge in [0, 0.05) is 103 Å². The summed E-state index contributed by atoms with van der Waals surface area (Å²) in [7, 11) is 0. The highest BCUT2D eigenvalue weighted by Gasteiger charge is 2.28. The van der Waals surface area contributed by atoms with Crippen molar-refractivity contribution in [1.82, 2.24) is 45.0 Å². The molecule has 3 amide bonds. The van der Waals surface area contributed by atoms with Gasteiger partial charge in [0.05, 0.1) is 40.4 Å². The van der Waals surface area contributed by atoms with E-state index in [9.17, 15) is 14.4 Å². The predicted octanol–water partition coefficient (Wildman–Crippen LogP) is 5.33. The number of benzene rings is 2. The van der Waals surface area contributed by atoms with Crippen molar-refractivity contribution in [3.63, 3.8) is 0 Å². The van der Waals surface area contributed by atoms with E-state index in [1.165, 1.54) is 0 Å². The Hall–Kier alpha value is -5.68. The first kappa shape index (κ1) is 52.3. The van der Waals surface area contributed by atoms with Crippen molar-refractivity contribution < 1.29 is 37.3 Å². The number of halogens is 3. The number of rotatable bonds is 15. The van der Waals surface area contributed by atoms with Crippen LogP contribution in [0.3, 0.4) is 0 Å². The third-order valence-electron chi connectivity index (χ3n) is 11.3. The number of likely N-dealkylation sites (tertiary alicyclic amines) is 2. The van der Waals surface area contributed by atoms with Crippen LogP contribution < -0.4 is 34.1 Å². The summed E-state index contributed by atoms with van der Waals surface area (Å²) in [6.07, 6.45) is 12.7. The van der Waals surface area contributed by atoms with Gasteiger partial charge < -0.3 is 58.6 Å². The predicted molar refractivity (Wildman–Crippen MR) is 262 cm³/mol. The van der Waals surface area contributed by atoms with Crippen LogP contribution in [-0.2, 0) is 14.3 Å². The van der Waals surface area contributed by atoms with Crippen LogP contribution in [0.4, 0.5) is 16.7 Å². The number of nitrogens with one attached hydrogen (secondary N) is 5. The number of nitrogens with zero attached hydrogens (tertiary/aromatic N) is 6. The topological polar surface area (TPSA) is 214 Å². The number of fused-ring (bicyclic) bond motifs is 2. The van der Waals surface area contributed by atoms with E-state index in [1.807, 2.05) is 91.5 Å². The van der Waals surface area contributed by atoms with Crippen molar-refractivity contribution in [2.24, 2.45) is 0 Å². The number of hydrogen-bond acceptors (Lipinski definition) is 10. The number of aromatic amines is 2. The molecule has 360 valence electrons. The van der Waals surface area contributed by atoms with Gasteiger partial charge in [-0.15, -0.1) is 0 Å². The molecule has 2 aliphatic rings. The first-order chi connectivity index (χ1) is 31.3. The fourth-order valence-electron chi connectivity index (χ4n) is 8.04. The standard InChI is InChI=1S/C26H33ClN6O3.C21H25ClN6O.CH4.ClH/c1-26(2,3)36-25(35)28-12-7-6-10-22(34)33-13-11-17(16-33)31-24-30-15-20(27)23(32-24)19-14-29-21-9-5-4-8-18(19)21;22-17-12-25-21(26-14-8-10-28(13-14)19(29)7-3-4-9-23)27-20(17)16-11-24-18-6-2-1-5-15(16)18;;/h4-5,8-9,14-15,17,29H,6-7,10-13,16H2,1-3H3,(H,28,35)(H,30,31,32);1-2,5-6,11-12,14,24H,3-4,7-10,13,23H2,(H,25,26,27);1H4;1H/t17-;14-;;/m11../s1. The van der Waals surface area contributed by atoms with E-state index in [1.54, 1.807) is 12.4 Å². The number of alkyl carbamates (subject to hydrolysis) is 1. The van der Waals surface area contributed by atoms with E-state index in [0.717, 1.165) is 78.1 Å². The molecule has 0 saturated carbocycles. The second-order valence-corrected chi connectivity index (χ2v) is 18.2. The van der Waals surface area contributed by atoms with E-state index in [4.69, 9.17) is 27.9 Å². The Balaban J connectivity index is 0.000000249. The highest BCUT2D eigenvalue weighted by molar-refractivity contribution is 6.33. The van der Waals surface area contributed by atoms with Crippen molar-refractivity contribution in [3.8, 4) is 22.5 Å². The van der Waals surface area contributed by atoms with E-state index in [2.05, 4.69) is 51.6 Å². The highest BCUT2D eigenvalue weighted by Crippen LogP contribution is 2.34. The van der Waals surface area contributed by atoms with Crippen molar-refractivity contribution >= 4 is 74.8 Å². The molecule has 2 fully saturated rings. The van der Waals surface area contributed by atoms with Crippen LogP contribution in [0.25, 0.3) is 44.3 Å². The van der Waals surface area contributed by atoms with Gasteiger partial charge >= 0.3 is 6.09 Å². The lowest BCUT2D eigenvalue weighted by Crippen LogP contribution is -3.00. The smallest absolute Gasteiger partial charge is 0.407 e. The van der Waals surface area contributed by atoms with Gasteiger partial charge in [0.2, 0.25) is 23.7 Å². The Labute approximate surface area is 408 Å². The number of H-pyrrole nitrogens is 2. The molecular weight excluding hydrogens is 915 g/mol. The van der Waals surface area contributed by atoms with Crippen LogP contribution in [0.2, 0.25) is 10.0 Å². The maximum absolute atomic E-state index is 12.6. The number of hydrogen-bond donors (Lipinski definition) is 6. The molecule has 2 saturated heterocycles. The molecule has 8 N–H and O–H groups in total. The Morgan fingerprint density at radius 3 is 1.67 bits per heavy atom. The summed E-state index contributed by atoms with van der Waals surface area (Å²) >= 11 is 12.8. The number of anilines is 2. The number of para-hydroxylation sites is 2. The molecule has 2 aliphatic heterocycles. The van der Waals surface area contributed by atoms with E-state index in [-0.39, 0.29) is 43.7 Å². The molecule has 0 unspecified atom stereocenters. The molecule has 8 rings (SSSR count). The molecule has 4 aromatic heterocycles. The van der Waals surface area contributed by atoms with Crippen molar-refractivity contribution in [2.45, 2.75) is 97.2 Å². The maximum atomic E-state index is 12.6. The van der Waals surface area contributed by atoms with Crippen LogP contribution >= 0.6 is 23.2 Å². The lowest BCUT2D eigenvalue weighted by atomic mass is 10.1. The number of carbonyl (C=O) groups is 3. The minimum absolute atomic E-state index is 0. The average Bonchev–Trinajstić information content (AvgIpc) is 4.12. The summed E-state index contributed by atoms with van der Waals surface area (Å²) in [6, 6.07) is 16.3. The third kappa shape index (κ3) is 14.2. The molecule has 6 aromatic rings. The normalized spacial score (nSPS) is 15.6. The maximum Gasteiger partial charge on any atom is 0.407 e. The van der Waals surface area contributed by atoms with Gasteiger partial charge in [-0.3, -0.25) is 9.59 Å². The number of amides is 3. The summed E-state index contributed by atoms with van der Waals surface area (Å²) in [6.45, 7) is 9.57. The van der Waals surface area contributed by atoms with Crippen molar-refractivity contribution in [1.29, 1.82) is 0 Å². The van der Waals surface area contributed by atoms with Gasteiger partial charge in [-0.1, -0.05) is 67.0 Å². The average molecular weight is 978 g/mol. The molecule has 6 heterocycles. The fraction of sp³-hybridized carbons (Fsp3) is 0.438. The molecular formula is C48H63Cl3N12O4. The molecule has 16 nitrogen and oxygen atoms in total. The molecule has 0 radical (unpaired) electrons. The molecule has 2 atom stereocenters. The van der Waals surface area contributed by atoms with E-state index in [0.29, 0.717) is 78.8 Å². The lowest BCUT2D eigenvalue weighted by molar-refractivity contribution is -0.368. The Kier molecular flexibility index (Phi) is 19.0. The Morgan fingerprint density at radius 1 is 0.746 bits per heavy atom. The molecule has 0 aliphatic carbocycles. The zero-order valence-corrected chi connectivity index (χ0v) is 39.9. The summed E-state index contributed by atoms with van der Waals surface area (Å²) in [5.41, 5.74) is 8.59. The van der Waals surface area contributed by atoms with Crippen LogP contribution in [0.15, 0.2) is 73.3 Å². The van der Waals surface area contributed by atoms with Gasteiger partial charge in [0.15, 0.2) is 0 Å². The monoisotopic (exact) mass is 976 g/mol. The zero-order chi connectivity index (χ0) is 45.9. The lowest BCUT2D eigenvalue weighted by Gasteiger charge is -2.19. The highest BCUT2D eigenvalue weighted by atomic mass is 35.5. The van der Waals surface area contributed by atoms with Gasteiger partial charge in [-0.2, -0.15) is 0 Å². The van der Waals surface area contributed by atoms with E-state index >= 15 is 0 Å². The van der Waals surface area contributed by atoms with E-state index < -0.39 is 11.7 Å². The number of carbonyl (C=O) groups excluding carboxylic acids is 3. The molecule has 19 heteroatoms. The second kappa shape index (κ2) is 24.4. The quantitative estimate of drug-likeness (QED) is 0.0728. The van der Waals surface area contributed by atoms with Gasteiger partial charge in [-0.25, -0.2) is 24.7 Å². The molecule has 67 heavy (non-hydrogen) atoms. The number of quaternary nitrogens is 1. The largest absolute Gasteiger partial charge is 1.00 e. The summed E-state index contributed by atoms with van der Waals surface area (Å²) in [5.74, 6) is 1.37. The van der Waals surface area contributed by atoms with Crippen LogP contribution in [0.1, 0.15) is 79.6 Å². The van der Waals surface area contributed by atoms with Crippen LogP contribution in [0, 0.1) is 0 Å². The fourth-order valence-corrected chi connectivity index (χ4v) is 8.42. The Bertz CT molecular complexity index is 2580. The number of aromatic nitrogens is 6. The number of unbranched alkanes of at least 4 members (excludes halogenated alkanes) is 2. The summed E-state index contributed by atoms with van der Waals surface area (Å²) < 4.78 is 5.21. The molecule has 2 aromatic carbocycles. The van der Waals surface area contributed by atoms with Crippen molar-refractivity contribution in [3.05, 3.63) is 83.4 Å². The first-order valence-electron chi connectivity index (χ1n) is 22.4. The summed E-state index contributed by atoms with van der Waals surface area (Å²) in [4.78, 5) is 65.0. The van der Waals surface area contributed by atoms with Crippen LogP contribution in [-0.4, -0.2) is 115 Å².